The summed E-state index contributed by atoms with van der Waals surface area (Å²) in [6.45, 7) is 9.60. The predicted octanol–water partition coefficient (Wildman–Crippen LogP) is 4.30. The second-order valence-corrected chi connectivity index (χ2v) is 6.77. The van der Waals surface area contributed by atoms with Gasteiger partial charge in [-0.05, 0) is 33.1 Å². The zero-order valence-electron chi connectivity index (χ0n) is 18.6. The van der Waals surface area contributed by atoms with E-state index in [9.17, 15) is 9.59 Å². The fourth-order valence-corrected chi connectivity index (χ4v) is 2.58. The van der Waals surface area contributed by atoms with Crippen LogP contribution in [0.4, 0.5) is 0 Å². The van der Waals surface area contributed by atoms with Gasteiger partial charge in [-0.3, -0.25) is 9.78 Å². The molecule has 29 heavy (non-hydrogen) atoms. The molecule has 8 heteroatoms. The van der Waals surface area contributed by atoms with E-state index in [1.165, 1.54) is 0 Å². The van der Waals surface area contributed by atoms with Crippen LogP contribution in [-0.4, -0.2) is 50.6 Å². The summed E-state index contributed by atoms with van der Waals surface area (Å²) in [6, 6.07) is 0. The highest BCUT2D eigenvalue weighted by Gasteiger charge is 2.14. The number of ether oxygens (including phenoxy) is 2. The first-order valence-corrected chi connectivity index (χ1v) is 10.9. The lowest BCUT2D eigenvalue weighted by molar-refractivity contribution is -0.285. The van der Waals surface area contributed by atoms with E-state index in [2.05, 4.69) is 13.8 Å². The molecule has 0 aliphatic carbocycles. The van der Waals surface area contributed by atoms with Gasteiger partial charge in [-0.25, -0.2) is 9.59 Å². The summed E-state index contributed by atoms with van der Waals surface area (Å²) < 4.78 is 11.1. The molecular formula is C21H40O8. The average molecular weight is 421 g/mol. The number of carbonyl (C=O) groups is 2. The van der Waals surface area contributed by atoms with Crippen LogP contribution in [0.25, 0.3) is 0 Å². The molecule has 8 nitrogen and oxygen atoms in total. The molecule has 0 amide bonds. The van der Waals surface area contributed by atoms with E-state index in [-0.39, 0.29) is 38.3 Å². The Balaban J connectivity index is 3.82. The second kappa shape index (κ2) is 20.1. The van der Waals surface area contributed by atoms with Crippen LogP contribution in [-0.2, 0) is 38.6 Å². The van der Waals surface area contributed by atoms with E-state index in [0.29, 0.717) is 19.6 Å². The zero-order valence-corrected chi connectivity index (χ0v) is 18.6. The van der Waals surface area contributed by atoms with Crippen LogP contribution < -0.4 is 0 Å². The van der Waals surface area contributed by atoms with E-state index in [0.717, 1.165) is 38.5 Å². The molecule has 2 unspecified atom stereocenters. The molecule has 0 bridgehead atoms. The Morgan fingerprint density at radius 3 is 1.41 bits per heavy atom. The smallest absolute Gasteiger partial charge is 0.342 e. The van der Waals surface area contributed by atoms with Gasteiger partial charge in [0.25, 0.3) is 0 Å². The van der Waals surface area contributed by atoms with Crippen molar-refractivity contribution in [3.8, 4) is 0 Å². The summed E-state index contributed by atoms with van der Waals surface area (Å²) in [5.74, 6) is -1.05. The van der Waals surface area contributed by atoms with Crippen molar-refractivity contribution in [3.05, 3.63) is 0 Å². The minimum Gasteiger partial charge on any atom is -0.376 e. The Kier molecular flexibility index (Phi) is 19.2. The Morgan fingerprint density at radius 2 is 1.07 bits per heavy atom. The molecule has 0 radical (unpaired) electrons. The first-order chi connectivity index (χ1) is 14.1. The Bertz CT molecular complexity index is 366. The van der Waals surface area contributed by atoms with Crippen LogP contribution >= 0.6 is 0 Å². The molecule has 0 N–H and O–H groups in total. The third-order valence-electron chi connectivity index (χ3n) is 4.14. The fourth-order valence-electron chi connectivity index (χ4n) is 2.58. The van der Waals surface area contributed by atoms with Crippen LogP contribution in [0.5, 0.6) is 0 Å². The maximum atomic E-state index is 11.7. The highest BCUT2D eigenvalue weighted by atomic mass is 17.2. The molecule has 172 valence electrons. The summed E-state index contributed by atoms with van der Waals surface area (Å²) in [7, 11) is 0. The van der Waals surface area contributed by atoms with Crippen LogP contribution in [0.2, 0.25) is 0 Å². The quantitative estimate of drug-likeness (QED) is 0.213. The van der Waals surface area contributed by atoms with Crippen molar-refractivity contribution in [2.45, 2.75) is 97.7 Å². The van der Waals surface area contributed by atoms with Gasteiger partial charge in [-0.15, -0.1) is 0 Å². The SMILES string of the molecule is CCCCC(COOC(=O)CCCC(=O)OOCC(CCCC)OCC)OCC. The first kappa shape index (κ1) is 27.8. The van der Waals surface area contributed by atoms with Gasteiger partial charge in [0.1, 0.15) is 13.2 Å². The topological polar surface area (TPSA) is 89.5 Å². The molecule has 0 aromatic heterocycles. The molecule has 2 atom stereocenters. The monoisotopic (exact) mass is 420 g/mol. The van der Waals surface area contributed by atoms with Crippen molar-refractivity contribution in [2.75, 3.05) is 26.4 Å². The number of hydrogen-bond donors (Lipinski definition) is 0. The standard InChI is InChI=1S/C21H40O8/c1-5-9-12-18(24-7-3)16-26-28-20(22)14-11-15-21(23)29-27-17-19(25-8-4)13-10-6-2/h18-19H,5-17H2,1-4H3. The van der Waals surface area contributed by atoms with Crippen molar-refractivity contribution < 1.29 is 38.6 Å². The molecule has 0 aromatic carbocycles. The number of unbranched alkanes of at least 4 members (excludes halogenated alkanes) is 2. The van der Waals surface area contributed by atoms with Crippen LogP contribution in [0.1, 0.15) is 85.5 Å². The van der Waals surface area contributed by atoms with Gasteiger partial charge >= 0.3 is 11.9 Å². The van der Waals surface area contributed by atoms with Crippen LogP contribution in [0.3, 0.4) is 0 Å². The van der Waals surface area contributed by atoms with Crippen molar-refractivity contribution in [1.82, 2.24) is 0 Å². The third-order valence-corrected chi connectivity index (χ3v) is 4.14. The molecule has 0 aliphatic rings. The molecule has 0 aliphatic heterocycles. The van der Waals surface area contributed by atoms with E-state index in [1.54, 1.807) is 0 Å². The lowest BCUT2D eigenvalue weighted by Crippen LogP contribution is -2.22. The first-order valence-electron chi connectivity index (χ1n) is 10.9. The molecule has 0 rings (SSSR count). The number of rotatable bonds is 20. The summed E-state index contributed by atoms with van der Waals surface area (Å²) >= 11 is 0. The minimum atomic E-state index is -0.527. The highest BCUT2D eigenvalue weighted by molar-refractivity contribution is 5.71. The molecule has 0 fully saturated rings. The van der Waals surface area contributed by atoms with Gasteiger partial charge in [0.05, 0.1) is 12.2 Å². The Labute approximate surface area is 175 Å². The third kappa shape index (κ3) is 17.4. The van der Waals surface area contributed by atoms with Crippen LogP contribution in [0, 0.1) is 0 Å². The zero-order chi connectivity index (χ0) is 21.7. The predicted molar refractivity (Wildman–Crippen MR) is 108 cm³/mol. The minimum absolute atomic E-state index is 0.0570. The highest BCUT2D eigenvalue weighted by Crippen LogP contribution is 2.08. The van der Waals surface area contributed by atoms with Crippen LogP contribution in [0.15, 0.2) is 0 Å². The van der Waals surface area contributed by atoms with E-state index in [1.807, 2.05) is 13.8 Å². The van der Waals surface area contributed by atoms with Crippen molar-refractivity contribution >= 4 is 11.9 Å². The van der Waals surface area contributed by atoms with Gasteiger partial charge in [0.2, 0.25) is 0 Å². The summed E-state index contributed by atoms with van der Waals surface area (Å²) in [6.07, 6.45) is 6.12. The molecular weight excluding hydrogens is 380 g/mol. The maximum absolute atomic E-state index is 11.7. The molecule has 0 saturated heterocycles. The van der Waals surface area contributed by atoms with E-state index >= 15 is 0 Å². The molecule has 0 saturated carbocycles. The Morgan fingerprint density at radius 1 is 0.655 bits per heavy atom. The van der Waals surface area contributed by atoms with Crippen molar-refractivity contribution in [1.29, 1.82) is 0 Å². The second-order valence-electron chi connectivity index (χ2n) is 6.77. The summed E-state index contributed by atoms with van der Waals surface area (Å²) in [4.78, 5) is 42.8. The van der Waals surface area contributed by atoms with E-state index in [4.69, 9.17) is 29.0 Å². The molecule has 0 spiro atoms. The van der Waals surface area contributed by atoms with Gasteiger partial charge < -0.3 is 9.47 Å². The largest absolute Gasteiger partial charge is 0.376 e. The van der Waals surface area contributed by atoms with Crippen molar-refractivity contribution in [3.63, 3.8) is 0 Å². The van der Waals surface area contributed by atoms with Gasteiger partial charge in [-0.2, -0.15) is 9.78 Å². The van der Waals surface area contributed by atoms with Crippen molar-refractivity contribution in [2.24, 2.45) is 0 Å². The fraction of sp³-hybridized carbons (Fsp3) is 0.905. The molecule has 0 aromatic rings. The lowest BCUT2D eigenvalue weighted by atomic mass is 10.2. The summed E-state index contributed by atoms with van der Waals surface area (Å²) in [5, 5.41) is 0. The van der Waals surface area contributed by atoms with E-state index < -0.39 is 11.9 Å². The molecule has 0 heterocycles. The van der Waals surface area contributed by atoms with Gasteiger partial charge in [0, 0.05) is 26.1 Å². The lowest BCUT2D eigenvalue weighted by Gasteiger charge is -2.16. The van der Waals surface area contributed by atoms with Gasteiger partial charge in [0.15, 0.2) is 0 Å². The summed E-state index contributed by atoms with van der Waals surface area (Å²) in [5.41, 5.74) is 0. The number of carbonyl (C=O) groups excluding carboxylic acids is 2. The maximum Gasteiger partial charge on any atom is 0.342 e. The van der Waals surface area contributed by atoms with Gasteiger partial charge in [-0.1, -0.05) is 39.5 Å². The number of hydrogen-bond acceptors (Lipinski definition) is 8. The Hall–Kier alpha value is -1.22. The normalized spacial score (nSPS) is 13.1. The average Bonchev–Trinajstić information content (AvgIpc) is 2.70.